The summed E-state index contributed by atoms with van der Waals surface area (Å²) >= 11 is 1.63. The molecule has 76 valence electrons. The number of benzene rings is 1. The van der Waals surface area contributed by atoms with Crippen LogP contribution in [0.4, 0.5) is 0 Å². The minimum atomic E-state index is -0.293. The van der Waals surface area contributed by atoms with Gasteiger partial charge in [-0.3, -0.25) is 4.79 Å². The minimum Gasteiger partial charge on any atom is -0.426 e. The molecule has 0 fully saturated rings. The third kappa shape index (κ3) is 2.25. The van der Waals surface area contributed by atoms with E-state index in [0.29, 0.717) is 5.75 Å². The maximum Gasteiger partial charge on any atom is 0.308 e. The van der Waals surface area contributed by atoms with Crippen LogP contribution in [0.25, 0.3) is 10.4 Å². The molecule has 2 nitrogen and oxygen atoms in total. The van der Waals surface area contributed by atoms with Crippen LogP contribution in [-0.2, 0) is 4.79 Å². The molecule has 2 aromatic rings. The quantitative estimate of drug-likeness (QED) is 0.571. The molecule has 0 radical (unpaired) electrons. The highest BCUT2D eigenvalue weighted by atomic mass is 32.1. The zero-order chi connectivity index (χ0) is 10.7. The minimum absolute atomic E-state index is 0.293. The molecule has 0 saturated carbocycles. The SMILES string of the molecule is CC(=O)Oc1ccccc1-c1cccs1. The average Bonchev–Trinajstić information content (AvgIpc) is 2.70. The summed E-state index contributed by atoms with van der Waals surface area (Å²) in [6, 6.07) is 11.5. The van der Waals surface area contributed by atoms with E-state index in [1.54, 1.807) is 17.4 Å². The second kappa shape index (κ2) is 4.28. The van der Waals surface area contributed by atoms with Crippen LogP contribution in [0, 0.1) is 0 Å². The molecule has 0 atom stereocenters. The Morgan fingerprint density at radius 2 is 2.00 bits per heavy atom. The average molecular weight is 218 g/mol. The van der Waals surface area contributed by atoms with Crippen LogP contribution in [0.5, 0.6) is 5.75 Å². The molecule has 1 aromatic carbocycles. The van der Waals surface area contributed by atoms with Gasteiger partial charge in [0, 0.05) is 17.4 Å². The van der Waals surface area contributed by atoms with Gasteiger partial charge in [-0.2, -0.15) is 0 Å². The first kappa shape index (κ1) is 9.93. The van der Waals surface area contributed by atoms with Crippen LogP contribution >= 0.6 is 11.3 Å². The zero-order valence-electron chi connectivity index (χ0n) is 8.27. The first-order valence-corrected chi connectivity index (χ1v) is 5.46. The maximum absolute atomic E-state index is 10.9. The van der Waals surface area contributed by atoms with Crippen LogP contribution in [0.3, 0.4) is 0 Å². The Bertz CT molecular complexity index is 460. The number of carbonyl (C=O) groups excluding carboxylic acids is 1. The molecule has 0 unspecified atom stereocenters. The van der Waals surface area contributed by atoms with Gasteiger partial charge in [-0.1, -0.05) is 18.2 Å². The number of hydrogen-bond donors (Lipinski definition) is 0. The van der Waals surface area contributed by atoms with Crippen molar-refractivity contribution in [3.05, 3.63) is 41.8 Å². The molecule has 0 aliphatic carbocycles. The maximum atomic E-state index is 10.9. The van der Waals surface area contributed by atoms with E-state index in [1.807, 2.05) is 35.7 Å². The molecular formula is C12H10O2S. The molecule has 0 bridgehead atoms. The number of ether oxygens (including phenoxy) is 1. The molecule has 0 spiro atoms. The lowest BCUT2D eigenvalue weighted by molar-refractivity contribution is -0.131. The molecule has 0 saturated heterocycles. The van der Waals surface area contributed by atoms with Crippen molar-refractivity contribution in [3.63, 3.8) is 0 Å². The van der Waals surface area contributed by atoms with E-state index < -0.39 is 0 Å². The highest BCUT2D eigenvalue weighted by Gasteiger charge is 2.07. The lowest BCUT2D eigenvalue weighted by atomic mass is 10.1. The van der Waals surface area contributed by atoms with Crippen molar-refractivity contribution in [2.75, 3.05) is 0 Å². The van der Waals surface area contributed by atoms with Gasteiger partial charge in [0.25, 0.3) is 0 Å². The summed E-state index contributed by atoms with van der Waals surface area (Å²) in [7, 11) is 0. The van der Waals surface area contributed by atoms with Crippen molar-refractivity contribution in [1.82, 2.24) is 0 Å². The number of rotatable bonds is 2. The summed E-state index contributed by atoms with van der Waals surface area (Å²) in [4.78, 5) is 12.0. The van der Waals surface area contributed by atoms with Gasteiger partial charge in [0.15, 0.2) is 0 Å². The van der Waals surface area contributed by atoms with Crippen molar-refractivity contribution in [2.24, 2.45) is 0 Å². The largest absolute Gasteiger partial charge is 0.426 e. The summed E-state index contributed by atoms with van der Waals surface area (Å²) in [5.74, 6) is 0.325. The van der Waals surface area contributed by atoms with Crippen LogP contribution in [0.15, 0.2) is 41.8 Å². The van der Waals surface area contributed by atoms with E-state index in [9.17, 15) is 4.79 Å². The Labute approximate surface area is 92.1 Å². The fraction of sp³-hybridized carbons (Fsp3) is 0.0833. The summed E-state index contributed by atoms with van der Waals surface area (Å²) < 4.78 is 5.14. The Kier molecular flexibility index (Phi) is 2.83. The third-order valence-corrected chi connectivity index (χ3v) is 2.83. The summed E-state index contributed by atoms with van der Waals surface area (Å²) in [5, 5.41) is 2.00. The van der Waals surface area contributed by atoms with Gasteiger partial charge in [0.1, 0.15) is 5.75 Å². The number of thiophene rings is 1. The lowest BCUT2D eigenvalue weighted by Gasteiger charge is -2.06. The van der Waals surface area contributed by atoms with E-state index in [-0.39, 0.29) is 5.97 Å². The van der Waals surface area contributed by atoms with Gasteiger partial charge in [-0.05, 0) is 23.6 Å². The van der Waals surface area contributed by atoms with Crippen LogP contribution in [-0.4, -0.2) is 5.97 Å². The Morgan fingerprint density at radius 3 is 2.67 bits per heavy atom. The standard InChI is InChI=1S/C12H10O2S/c1-9(13)14-11-6-3-2-5-10(11)12-7-4-8-15-12/h2-8H,1H3. The molecule has 3 heteroatoms. The highest BCUT2D eigenvalue weighted by molar-refractivity contribution is 7.13. The molecule has 1 heterocycles. The normalized spacial score (nSPS) is 9.93. The monoisotopic (exact) mass is 218 g/mol. The van der Waals surface area contributed by atoms with E-state index in [4.69, 9.17) is 4.74 Å². The topological polar surface area (TPSA) is 26.3 Å². The van der Waals surface area contributed by atoms with Gasteiger partial charge >= 0.3 is 5.97 Å². The number of para-hydroxylation sites is 1. The van der Waals surface area contributed by atoms with E-state index in [1.165, 1.54) is 6.92 Å². The third-order valence-electron chi connectivity index (χ3n) is 1.93. The number of hydrogen-bond acceptors (Lipinski definition) is 3. The van der Waals surface area contributed by atoms with E-state index >= 15 is 0 Å². The zero-order valence-corrected chi connectivity index (χ0v) is 9.08. The van der Waals surface area contributed by atoms with Crippen LogP contribution in [0.2, 0.25) is 0 Å². The molecule has 15 heavy (non-hydrogen) atoms. The fourth-order valence-corrected chi connectivity index (χ4v) is 2.10. The second-order valence-corrected chi connectivity index (χ2v) is 4.01. The molecule has 0 aliphatic rings. The van der Waals surface area contributed by atoms with Crippen molar-refractivity contribution in [2.45, 2.75) is 6.92 Å². The van der Waals surface area contributed by atoms with Crippen molar-refractivity contribution >= 4 is 17.3 Å². The first-order valence-electron chi connectivity index (χ1n) is 4.58. The summed E-state index contributed by atoms with van der Waals surface area (Å²) in [6.45, 7) is 1.41. The molecule has 0 amide bonds. The Morgan fingerprint density at radius 1 is 1.20 bits per heavy atom. The Hall–Kier alpha value is -1.61. The van der Waals surface area contributed by atoms with Gasteiger partial charge in [0.2, 0.25) is 0 Å². The van der Waals surface area contributed by atoms with Crippen molar-refractivity contribution < 1.29 is 9.53 Å². The number of esters is 1. The van der Waals surface area contributed by atoms with E-state index in [0.717, 1.165) is 10.4 Å². The lowest BCUT2D eigenvalue weighted by Crippen LogP contribution is -2.02. The van der Waals surface area contributed by atoms with Crippen molar-refractivity contribution in [1.29, 1.82) is 0 Å². The number of carbonyl (C=O) groups is 1. The molecule has 1 aromatic heterocycles. The first-order chi connectivity index (χ1) is 7.27. The second-order valence-electron chi connectivity index (χ2n) is 3.07. The smallest absolute Gasteiger partial charge is 0.308 e. The predicted octanol–water partition coefficient (Wildman–Crippen LogP) is 3.34. The van der Waals surface area contributed by atoms with Gasteiger partial charge in [0.05, 0.1) is 0 Å². The molecule has 0 N–H and O–H groups in total. The van der Waals surface area contributed by atoms with Gasteiger partial charge < -0.3 is 4.74 Å². The highest BCUT2D eigenvalue weighted by Crippen LogP contribution is 2.32. The molecule has 2 rings (SSSR count). The summed E-state index contributed by atoms with van der Waals surface area (Å²) in [6.07, 6.45) is 0. The van der Waals surface area contributed by atoms with Crippen molar-refractivity contribution in [3.8, 4) is 16.2 Å². The molecule has 0 aliphatic heterocycles. The summed E-state index contributed by atoms with van der Waals surface area (Å²) in [5.41, 5.74) is 0.961. The van der Waals surface area contributed by atoms with Crippen LogP contribution in [0.1, 0.15) is 6.92 Å². The van der Waals surface area contributed by atoms with E-state index in [2.05, 4.69) is 0 Å². The van der Waals surface area contributed by atoms with Crippen LogP contribution < -0.4 is 4.74 Å². The molecular weight excluding hydrogens is 208 g/mol. The predicted molar refractivity (Wildman–Crippen MR) is 61.1 cm³/mol. The van der Waals surface area contributed by atoms with Gasteiger partial charge in [-0.15, -0.1) is 11.3 Å². The Balaban J connectivity index is 2.42. The fourth-order valence-electron chi connectivity index (χ4n) is 1.35. The van der Waals surface area contributed by atoms with Gasteiger partial charge in [-0.25, -0.2) is 0 Å².